The molecule has 0 saturated carbocycles. The van der Waals surface area contributed by atoms with Crippen LogP contribution in [0.4, 0.5) is 0 Å². The molecule has 0 bridgehead atoms. The van der Waals surface area contributed by atoms with E-state index in [1.54, 1.807) is 0 Å². The van der Waals surface area contributed by atoms with Gasteiger partial charge in [-0.2, -0.15) is 0 Å². The second-order valence-corrected chi connectivity index (χ2v) is 19.5. The summed E-state index contributed by atoms with van der Waals surface area (Å²) < 4.78 is 0. The molecule has 7 rings (SSSR count). The summed E-state index contributed by atoms with van der Waals surface area (Å²) in [5, 5.41) is 0. The Hall–Kier alpha value is -3.36. The molecule has 54 heavy (non-hydrogen) atoms. The van der Waals surface area contributed by atoms with Gasteiger partial charge in [-0.05, 0) is 111 Å². The largest absolute Gasteiger partial charge is 0.0873 e. The molecule has 7 aromatic rings. The number of hydrogen-bond donors (Lipinski definition) is 0. The topological polar surface area (TPSA) is 0 Å². The first-order valence-electron chi connectivity index (χ1n) is 17.9. The minimum Gasteiger partial charge on any atom is -0.0873 e. The van der Waals surface area contributed by atoms with Gasteiger partial charge in [-0.25, -0.2) is 0 Å². The fraction of sp³-hybridized carbons (Fsp3) is 0.125. The molecule has 0 amide bonds. The maximum absolute atomic E-state index is 2.28. The molecule has 0 spiro atoms. The minimum absolute atomic E-state index is 1.27. The van der Waals surface area contributed by atoms with Crippen LogP contribution in [0, 0.1) is 41.5 Å². The Morgan fingerprint density at radius 3 is 0.463 bits per heavy atom. The second kappa shape index (κ2) is 18.1. The minimum atomic E-state index is 1.27. The van der Waals surface area contributed by atoms with Crippen molar-refractivity contribution in [2.24, 2.45) is 0 Å². The van der Waals surface area contributed by atoms with Crippen LogP contribution in [0.3, 0.4) is 0 Å². The third-order valence-corrected chi connectivity index (χ3v) is 17.6. The quantitative estimate of drug-likeness (QED) is 0.120. The summed E-state index contributed by atoms with van der Waals surface area (Å²) in [5.74, 6) is 0. The van der Waals surface area contributed by atoms with Gasteiger partial charge in [-0.3, -0.25) is 0 Å². The van der Waals surface area contributed by atoms with Gasteiger partial charge >= 0.3 is 0 Å². The third-order valence-electron chi connectivity index (χ3n) is 9.07. The number of hydrogen-bond acceptors (Lipinski definition) is 6. The predicted molar refractivity (Wildman–Crippen MR) is 238 cm³/mol. The fourth-order valence-electron chi connectivity index (χ4n) is 5.86. The van der Waals surface area contributed by atoms with Crippen molar-refractivity contribution in [3.05, 3.63) is 179 Å². The molecular weight excluding hydrogens is 769 g/mol. The van der Waals surface area contributed by atoms with Crippen molar-refractivity contribution in [1.82, 2.24) is 0 Å². The average Bonchev–Trinajstić information content (AvgIpc) is 3.17. The summed E-state index contributed by atoms with van der Waals surface area (Å²) in [6, 6.07) is 53.0. The van der Waals surface area contributed by atoms with Gasteiger partial charge < -0.3 is 0 Å². The second-order valence-electron chi connectivity index (χ2n) is 13.2. The highest BCUT2D eigenvalue weighted by Gasteiger charge is 2.30. The molecule has 0 heterocycles. The number of aryl methyl sites for hydroxylation is 6. The Labute approximate surface area is 347 Å². The van der Waals surface area contributed by atoms with Crippen molar-refractivity contribution in [2.45, 2.75) is 100 Å². The molecule has 0 radical (unpaired) electrons. The summed E-state index contributed by atoms with van der Waals surface area (Å²) in [6.45, 7) is 13.4. The molecule has 0 unspecified atom stereocenters. The molecule has 0 aliphatic rings. The van der Waals surface area contributed by atoms with Crippen LogP contribution in [-0.4, -0.2) is 0 Å². The van der Waals surface area contributed by atoms with E-state index in [4.69, 9.17) is 0 Å². The Balaban J connectivity index is 1.64. The van der Waals surface area contributed by atoms with Crippen LogP contribution in [0.25, 0.3) is 0 Å². The van der Waals surface area contributed by atoms with Gasteiger partial charge in [-0.1, -0.05) is 180 Å². The van der Waals surface area contributed by atoms with Crippen LogP contribution < -0.4 is 0 Å². The molecular formula is C48H42S6. The molecule has 0 aromatic heterocycles. The lowest BCUT2D eigenvalue weighted by atomic mass is 10.2. The molecule has 0 fully saturated rings. The van der Waals surface area contributed by atoms with Crippen molar-refractivity contribution in [3.63, 3.8) is 0 Å². The van der Waals surface area contributed by atoms with Gasteiger partial charge in [0.1, 0.15) is 0 Å². The average molecular weight is 811 g/mol. The molecule has 270 valence electrons. The van der Waals surface area contributed by atoms with Gasteiger partial charge in [0, 0.05) is 58.7 Å². The van der Waals surface area contributed by atoms with E-state index in [2.05, 4.69) is 187 Å². The lowest BCUT2D eigenvalue weighted by Gasteiger charge is -2.27. The van der Waals surface area contributed by atoms with Crippen LogP contribution in [0.2, 0.25) is 0 Å². The van der Waals surface area contributed by atoms with Crippen molar-refractivity contribution < 1.29 is 0 Å². The first-order chi connectivity index (χ1) is 26.3. The summed E-state index contributed by atoms with van der Waals surface area (Å²) in [5.41, 5.74) is 7.67. The highest BCUT2D eigenvalue weighted by atomic mass is 32.2. The Morgan fingerprint density at radius 2 is 0.333 bits per heavy atom. The predicted octanol–water partition coefficient (Wildman–Crippen LogP) is 16.4. The Bertz CT molecular complexity index is 1970. The van der Waals surface area contributed by atoms with Crippen molar-refractivity contribution in [1.29, 1.82) is 0 Å². The van der Waals surface area contributed by atoms with Gasteiger partial charge in [0.25, 0.3) is 0 Å². The molecule has 0 saturated heterocycles. The van der Waals surface area contributed by atoms with E-state index in [1.807, 2.05) is 70.6 Å². The normalized spacial score (nSPS) is 11.2. The zero-order valence-corrected chi connectivity index (χ0v) is 36.2. The van der Waals surface area contributed by atoms with Crippen LogP contribution in [-0.2, 0) is 0 Å². The molecule has 0 N–H and O–H groups in total. The first kappa shape index (κ1) is 38.9. The van der Waals surface area contributed by atoms with E-state index in [-0.39, 0.29) is 0 Å². The van der Waals surface area contributed by atoms with Gasteiger partial charge in [-0.15, -0.1) is 0 Å². The van der Waals surface area contributed by atoms with E-state index in [1.165, 1.54) is 92.1 Å². The zero-order chi connectivity index (χ0) is 37.6. The SMILES string of the molecule is Cc1ccccc1Sc1c(Sc2ccccc2C)c(Sc2ccccc2C)c(Sc2ccccc2C)c(Sc2ccccc2C)c1Sc1ccccc1C. The monoisotopic (exact) mass is 810 g/mol. The summed E-state index contributed by atoms with van der Waals surface area (Å²) in [4.78, 5) is 15.4. The fourth-order valence-corrected chi connectivity index (χ4v) is 13.7. The lowest BCUT2D eigenvalue weighted by molar-refractivity contribution is 0.869. The molecule has 0 nitrogen and oxygen atoms in total. The molecule has 0 aliphatic heterocycles. The van der Waals surface area contributed by atoms with Crippen LogP contribution >= 0.6 is 70.6 Å². The van der Waals surface area contributed by atoms with Crippen LogP contribution in [0.1, 0.15) is 33.4 Å². The van der Waals surface area contributed by atoms with Crippen LogP contribution in [0.15, 0.2) is 204 Å². The Kier molecular flexibility index (Phi) is 13.0. The number of benzene rings is 7. The van der Waals surface area contributed by atoms with Crippen molar-refractivity contribution in [2.75, 3.05) is 0 Å². The highest BCUT2D eigenvalue weighted by Crippen LogP contribution is 2.60. The maximum atomic E-state index is 2.28. The van der Waals surface area contributed by atoms with E-state index < -0.39 is 0 Å². The standard InChI is InChI=1S/C48H42S6/c1-31-19-7-13-25-37(31)49-43-44(50-38-26-14-8-20-32(38)2)46(52-40-28-16-10-22-34(40)4)48(54-42-30-18-12-24-36(42)6)47(53-41-29-17-11-23-35(41)5)45(43)51-39-27-15-9-21-33(39)3/h7-30H,1-6H3. The van der Waals surface area contributed by atoms with E-state index in [9.17, 15) is 0 Å². The van der Waals surface area contributed by atoms with Crippen molar-refractivity contribution in [3.8, 4) is 0 Å². The molecule has 7 aromatic carbocycles. The number of rotatable bonds is 12. The van der Waals surface area contributed by atoms with Gasteiger partial charge in [0.15, 0.2) is 0 Å². The van der Waals surface area contributed by atoms with Crippen molar-refractivity contribution >= 4 is 70.6 Å². The first-order valence-corrected chi connectivity index (χ1v) is 22.8. The van der Waals surface area contributed by atoms with E-state index >= 15 is 0 Å². The summed E-state index contributed by atoms with van der Waals surface area (Å²) >= 11 is 11.5. The van der Waals surface area contributed by atoms with E-state index in [0.717, 1.165) is 0 Å². The smallest absolute Gasteiger partial charge is 0.0425 e. The molecule has 6 heteroatoms. The van der Waals surface area contributed by atoms with Crippen LogP contribution in [0.5, 0.6) is 0 Å². The summed E-state index contributed by atoms with van der Waals surface area (Å²) in [7, 11) is 0. The third kappa shape index (κ3) is 9.02. The van der Waals surface area contributed by atoms with Gasteiger partial charge in [0.05, 0.1) is 0 Å². The van der Waals surface area contributed by atoms with E-state index in [0.29, 0.717) is 0 Å². The summed E-state index contributed by atoms with van der Waals surface area (Å²) in [6.07, 6.45) is 0. The molecule has 0 aliphatic carbocycles. The Morgan fingerprint density at radius 1 is 0.204 bits per heavy atom. The zero-order valence-electron chi connectivity index (χ0n) is 31.3. The highest BCUT2D eigenvalue weighted by molar-refractivity contribution is 8.07. The van der Waals surface area contributed by atoms with Gasteiger partial charge in [0.2, 0.25) is 0 Å². The lowest BCUT2D eigenvalue weighted by Crippen LogP contribution is -1.99. The molecule has 0 atom stereocenters. The maximum Gasteiger partial charge on any atom is 0.0425 e.